The number of nitriles is 1. The van der Waals surface area contributed by atoms with Crippen molar-refractivity contribution in [3.63, 3.8) is 0 Å². The molecule has 0 saturated heterocycles. The molecule has 0 fully saturated rings. The van der Waals surface area contributed by atoms with Crippen LogP contribution in [0, 0.1) is 11.3 Å². The summed E-state index contributed by atoms with van der Waals surface area (Å²) in [6.07, 6.45) is 3.81. The number of hydrogen-bond acceptors (Lipinski definition) is 5. The summed E-state index contributed by atoms with van der Waals surface area (Å²) in [5.41, 5.74) is 7.73. The van der Waals surface area contributed by atoms with E-state index in [-0.39, 0.29) is 6.61 Å². The third-order valence-electron chi connectivity index (χ3n) is 4.29. The highest BCUT2D eigenvalue weighted by atomic mass is 79.9. The molecule has 1 aliphatic carbocycles. The number of ether oxygens (including phenoxy) is 3. The Morgan fingerprint density at radius 1 is 1.42 bits per heavy atom. The molecule has 0 aromatic heterocycles. The minimum atomic E-state index is -0.841. The van der Waals surface area contributed by atoms with Crippen molar-refractivity contribution in [2.75, 3.05) is 20.3 Å². The van der Waals surface area contributed by atoms with Crippen molar-refractivity contribution >= 4 is 15.9 Å². The van der Waals surface area contributed by atoms with Gasteiger partial charge in [-0.15, -0.1) is 0 Å². The van der Waals surface area contributed by atoms with E-state index in [1.54, 1.807) is 7.11 Å². The second kappa shape index (κ2) is 6.98. The Kier molecular flexibility index (Phi) is 4.95. The zero-order chi connectivity index (χ0) is 17.2. The number of fused-ring (bicyclic) bond motifs is 1. The van der Waals surface area contributed by atoms with Crippen LogP contribution >= 0.6 is 15.9 Å². The van der Waals surface area contributed by atoms with E-state index in [0.29, 0.717) is 13.0 Å². The van der Waals surface area contributed by atoms with Crippen molar-refractivity contribution in [2.24, 2.45) is 5.73 Å². The van der Waals surface area contributed by atoms with Crippen LogP contribution in [0.15, 0.2) is 45.8 Å². The van der Waals surface area contributed by atoms with Crippen LogP contribution in [-0.4, -0.2) is 20.3 Å². The topological polar surface area (TPSA) is 77.5 Å². The number of rotatable bonds is 5. The number of nitrogens with two attached hydrogens (primary N) is 1. The van der Waals surface area contributed by atoms with Gasteiger partial charge < -0.3 is 19.9 Å². The standard InChI is InChI=1S/C18H19BrN2O3/c1-22-13-4-6-17-15(10-13)18(21,11-23-8-2-7-20)14-9-12(19)3-5-16(14)24-17/h3,5,9-10H,2,4,6,8,11,21H2,1H3. The summed E-state index contributed by atoms with van der Waals surface area (Å²) in [7, 11) is 1.66. The Bertz CT molecular complexity index is 751. The molecule has 6 heteroatoms. The zero-order valence-corrected chi connectivity index (χ0v) is 15.1. The first kappa shape index (κ1) is 17.0. The maximum absolute atomic E-state index is 8.69. The van der Waals surface area contributed by atoms with Crippen LogP contribution in [0.25, 0.3) is 0 Å². The van der Waals surface area contributed by atoms with Gasteiger partial charge >= 0.3 is 0 Å². The predicted molar refractivity (Wildman–Crippen MR) is 93.0 cm³/mol. The average molecular weight is 391 g/mol. The van der Waals surface area contributed by atoms with E-state index >= 15 is 0 Å². The van der Waals surface area contributed by atoms with Crippen LogP contribution in [0.4, 0.5) is 0 Å². The summed E-state index contributed by atoms with van der Waals surface area (Å²) >= 11 is 3.50. The highest BCUT2D eigenvalue weighted by Gasteiger charge is 2.42. The molecule has 1 aromatic carbocycles. The molecule has 1 atom stereocenters. The lowest BCUT2D eigenvalue weighted by molar-refractivity contribution is 0.0953. The largest absolute Gasteiger partial charge is 0.501 e. The molecular formula is C18H19BrN2O3. The van der Waals surface area contributed by atoms with Crippen molar-refractivity contribution in [1.29, 1.82) is 5.26 Å². The smallest absolute Gasteiger partial charge is 0.132 e. The molecule has 0 spiro atoms. The lowest BCUT2D eigenvalue weighted by Gasteiger charge is -2.39. The summed E-state index contributed by atoms with van der Waals surface area (Å²) in [6.45, 7) is 0.622. The zero-order valence-electron chi connectivity index (χ0n) is 13.5. The summed E-state index contributed by atoms with van der Waals surface area (Å²) in [5, 5.41) is 8.69. The number of halogens is 1. The number of hydrogen-bond donors (Lipinski definition) is 1. The Hall–Kier alpha value is -1.81. The SMILES string of the molecule is COC1=CC2=C(CC1)Oc1ccc(Br)cc1C2(N)COCCC#N. The van der Waals surface area contributed by atoms with E-state index < -0.39 is 5.54 Å². The van der Waals surface area contributed by atoms with Gasteiger partial charge in [0.25, 0.3) is 0 Å². The summed E-state index contributed by atoms with van der Waals surface area (Å²) in [5.74, 6) is 2.48. The van der Waals surface area contributed by atoms with Gasteiger partial charge in [-0.05, 0) is 24.3 Å². The van der Waals surface area contributed by atoms with Crippen LogP contribution in [0.1, 0.15) is 24.8 Å². The van der Waals surface area contributed by atoms with Crippen molar-refractivity contribution < 1.29 is 14.2 Å². The molecule has 126 valence electrons. The molecule has 5 nitrogen and oxygen atoms in total. The van der Waals surface area contributed by atoms with Crippen LogP contribution < -0.4 is 10.5 Å². The van der Waals surface area contributed by atoms with Crippen LogP contribution in [-0.2, 0) is 15.0 Å². The summed E-state index contributed by atoms with van der Waals surface area (Å²) in [6, 6.07) is 7.88. The van der Waals surface area contributed by atoms with E-state index in [9.17, 15) is 0 Å². The van der Waals surface area contributed by atoms with E-state index in [1.807, 2.05) is 24.3 Å². The normalized spacial score (nSPS) is 22.0. The van der Waals surface area contributed by atoms with Crippen molar-refractivity contribution in [1.82, 2.24) is 0 Å². The molecule has 1 aliphatic heterocycles. The van der Waals surface area contributed by atoms with Gasteiger partial charge in [-0.2, -0.15) is 5.26 Å². The molecule has 1 heterocycles. The Balaban J connectivity index is 2.03. The van der Waals surface area contributed by atoms with Crippen molar-refractivity contribution in [3.8, 4) is 11.8 Å². The van der Waals surface area contributed by atoms with E-state index in [1.165, 1.54) is 0 Å². The van der Waals surface area contributed by atoms with Gasteiger partial charge in [0.2, 0.25) is 0 Å². The van der Waals surface area contributed by atoms with Gasteiger partial charge in [0.15, 0.2) is 0 Å². The molecule has 1 unspecified atom stereocenters. The van der Waals surface area contributed by atoms with E-state index in [0.717, 1.165) is 45.7 Å². The first-order chi connectivity index (χ1) is 11.6. The third kappa shape index (κ3) is 3.07. The first-order valence-electron chi connectivity index (χ1n) is 7.78. The Morgan fingerprint density at radius 3 is 3.00 bits per heavy atom. The lowest BCUT2D eigenvalue weighted by Crippen LogP contribution is -2.46. The maximum Gasteiger partial charge on any atom is 0.132 e. The molecule has 0 bridgehead atoms. The molecule has 0 amide bonds. The molecule has 2 N–H and O–H groups in total. The van der Waals surface area contributed by atoms with Crippen molar-refractivity contribution in [3.05, 3.63) is 51.4 Å². The van der Waals surface area contributed by atoms with Crippen LogP contribution in [0.2, 0.25) is 0 Å². The molecule has 3 rings (SSSR count). The second-order valence-corrected chi connectivity index (χ2v) is 6.74. The van der Waals surface area contributed by atoms with E-state index in [2.05, 4.69) is 22.0 Å². The molecule has 24 heavy (non-hydrogen) atoms. The number of allylic oxidation sites excluding steroid dienone is 2. The highest BCUT2D eigenvalue weighted by molar-refractivity contribution is 9.10. The summed E-state index contributed by atoms with van der Waals surface area (Å²) in [4.78, 5) is 0. The first-order valence-corrected chi connectivity index (χ1v) is 8.57. The van der Waals surface area contributed by atoms with Gasteiger partial charge in [0, 0.05) is 28.5 Å². The van der Waals surface area contributed by atoms with Gasteiger partial charge in [-0.1, -0.05) is 15.9 Å². The Labute approximate surface area is 149 Å². The highest BCUT2D eigenvalue weighted by Crippen LogP contribution is 2.45. The predicted octanol–water partition coefficient (Wildman–Crippen LogP) is 3.50. The molecular weight excluding hydrogens is 372 g/mol. The van der Waals surface area contributed by atoms with Gasteiger partial charge in [0.05, 0.1) is 44.1 Å². The number of methoxy groups -OCH3 is 1. The maximum atomic E-state index is 8.69. The fourth-order valence-corrected chi connectivity index (χ4v) is 3.41. The van der Waals surface area contributed by atoms with Gasteiger partial charge in [0.1, 0.15) is 11.5 Å². The van der Waals surface area contributed by atoms with E-state index in [4.69, 9.17) is 25.2 Å². The van der Waals surface area contributed by atoms with Gasteiger partial charge in [-0.25, -0.2) is 0 Å². The van der Waals surface area contributed by atoms with Crippen LogP contribution in [0.5, 0.6) is 5.75 Å². The fraction of sp³-hybridized carbons (Fsp3) is 0.389. The number of nitrogens with zero attached hydrogens (tertiary/aromatic N) is 1. The lowest BCUT2D eigenvalue weighted by atomic mass is 9.78. The third-order valence-corrected chi connectivity index (χ3v) is 4.78. The number of benzene rings is 1. The van der Waals surface area contributed by atoms with Gasteiger partial charge in [-0.3, -0.25) is 0 Å². The average Bonchev–Trinajstić information content (AvgIpc) is 2.60. The molecule has 0 radical (unpaired) electrons. The second-order valence-electron chi connectivity index (χ2n) is 5.83. The van der Waals surface area contributed by atoms with Crippen LogP contribution in [0.3, 0.4) is 0 Å². The molecule has 2 aliphatic rings. The minimum Gasteiger partial charge on any atom is -0.501 e. The Morgan fingerprint density at radius 2 is 2.25 bits per heavy atom. The fourth-order valence-electron chi connectivity index (χ4n) is 3.05. The quantitative estimate of drug-likeness (QED) is 0.778. The minimum absolute atomic E-state index is 0.272. The monoisotopic (exact) mass is 390 g/mol. The molecule has 1 aromatic rings. The summed E-state index contributed by atoms with van der Waals surface area (Å²) < 4.78 is 18.1. The molecule has 0 saturated carbocycles. The van der Waals surface area contributed by atoms with Crippen molar-refractivity contribution in [2.45, 2.75) is 24.8 Å².